The van der Waals surface area contributed by atoms with Crippen molar-refractivity contribution in [3.05, 3.63) is 87.8 Å². The lowest BCUT2D eigenvalue weighted by Crippen LogP contribution is -2.53. The van der Waals surface area contributed by atoms with Gasteiger partial charge in [0.1, 0.15) is 17.0 Å². The van der Waals surface area contributed by atoms with Crippen molar-refractivity contribution in [1.82, 2.24) is 10.2 Å². The van der Waals surface area contributed by atoms with Gasteiger partial charge in [-0.3, -0.25) is 9.59 Å². The molecule has 2 aliphatic rings. The number of likely N-dealkylation sites (tertiary alicyclic amines) is 1. The first kappa shape index (κ1) is 27.4. The topological polar surface area (TPSA) is 137 Å². The number of anilines is 1. The zero-order valence-corrected chi connectivity index (χ0v) is 24.3. The van der Waals surface area contributed by atoms with Crippen molar-refractivity contribution >= 4 is 38.8 Å². The van der Waals surface area contributed by atoms with Gasteiger partial charge in [-0.15, -0.1) is 11.3 Å². The van der Waals surface area contributed by atoms with Gasteiger partial charge in [0.2, 0.25) is 0 Å². The van der Waals surface area contributed by atoms with Gasteiger partial charge >= 0.3 is 0 Å². The van der Waals surface area contributed by atoms with Crippen LogP contribution in [0.1, 0.15) is 51.3 Å². The number of nitrogens with zero attached hydrogens (tertiary/aromatic N) is 1. The van der Waals surface area contributed by atoms with Gasteiger partial charge in [-0.25, -0.2) is 0 Å². The SMILES string of the molecule is Cc1cc(Oc2ccccc2)ccc1C1(N)C(=O)C(N)c2c(C(=O)NC3CCN(C)CC3C)sc3c(N)ccc1c23. The predicted molar refractivity (Wildman–Crippen MR) is 163 cm³/mol. The number of ether oxygens (including phenoxy) is 1. The van der Waals surface area contributed by atoms with Crippen LogP contribution >= 0.6 is 11.3 Å². The first-order chi connectivity index (χ1) is 19.6. The lowest BCUT2D eigenvalue weighted by molar-refractivity contribution is -0.124. The molecule has 212 valence electrons. The number of rotatable bonds is 5. The zero-order chi connectivity index (χ0) is 29.1. The number of benzene rings is 3. The lowest BCUT2D eigenvalue weighted by atomic mass is 9.69. The molecule has 4 atom stereocenters. The van der Waals surface area contributed by atoms with Gasteiger partial charge in [-0.2, -0.15) is 0 Å². The zero-order valence-electron chi connectivity index (χ0n) is 23.4. The van der Waals surface area contributed by atoms with Gasteiger partial charge < -0.3 is 32.2 Å². The third-order valence-electron chi connectivity index (χ3n) is 8.55. The van der Waals surface area contributed by atoms with Crippen molar-refractivity contribution in [2.24, 2.45) is 17.4 Å². The minimum Gasteiger partial charge on any atom is -0.457 e. The summed E-state index contributed by atoms with van der Waals surface area (Å²) in [7, 11) is 2.09. The third-order valence-corrected chi connectivity index (χ3v) is 9.80. The average molecular weight is 570 g/mol. The van der Waals surface area contributed by atoms with Crippen LogP contribution in [0.4, 0.5) is 5.69 Å². The van der Waals surface area contributed by atoms with E-state index in [1.54, 1.807) is 12.1 Å². The number of piperidine rings is 1. The van der Waals surface area contributed by atoms with Crippen LogP contribution in [0.5, 0.6) is 11.5 Å². The predicted octanol–water partition coefficient (Wildman–Crippen LogP) is 4.44. The van der Waals surface area contributed by atoms with Crippen LogP contribution in [-0.4, -0.2) is 42.8 Å². The highest BCUT2D eigenvalue weighted by molar-refractivity contribution is 7.21. The second-order valence-electron chi connectivity index (χ2n) is 11.4. The normalized spacial score (nSPS) is 24.4. The molecule has 1 amide bonds. The van der Waals surface area contributed by atoms with Crippen molar-refractivity contribution < 1.29 is 14.3 Å². The smallest absolute Gasteiger partial charge is 0.261 e. The summed E-state index contributed by atoms with van der Waals surface area (Å²) in [6.45, 7) is 5.86. The fraction of sp³-hybridized carbons (Fsp3) is 0.312. The van der Waals surface area contributed by atoms with Crippen LogP contribution in [0.15, 0.2) is 60.7 Å². The number of aryl methyl sites for hydroxylation is 1. The second-order valence-corrected chi connectivity index (χ2v) is 12.4. The van der Waals surface area contributed by atoms with Gasteiger partial charge in [0, 0.05) is 29.2 Å². The number of nitrogens with two attached hydrogens (primary N) is 3. The third kappa shape index (κ3) is 4.49. The van der Waals surface area contributed by atoms with Crippen LogP contribution in [-0.2, 0) is 10.3 Å². The number of para-hydroxylation sites is 1. The van der Waals surface area contributed by atoms with Crippen LogP contribution in [0.3, 0.4) is 0 Å². The Labute approximate surface area is 243 Å². The van der Waals surface area contributed by atoms with Crippen LogP contribution in [0.25, 0.3) is 10.1 Å². The molecule has 0 spiro atoms. The lowest BCUT2D eigenvalue weighted by Gasteiger charge is -2.38. The molecular formula is C32H35N5O3S. The van der Waals surface area contributed by atoms with Crippen molar-refractivity contribution in [1.29, 1.82) is 0 Å². The number of carbonyl (C=O) groups is 2. The summed E-state index contributed by atoms with van der Waals surface area (Å²) < 4.78 is 6.73. The molecule has 1 aliphatic heterocycles. The molecule has 7 N–H and O–H groups in total. The van der Waals surface area contributed by atoms with Crippen LogP contribution in [0, 0.1) is 12.8 Å². The van der Waals surface area contributed by atoms with Crippen LogP contribution in [0.2, 0.25) is 0 Å². The monoisotopic (exact) mass is 569 g/mol. The number of thiophene rings is 1. The first-order valence-electron chi connectivity index (χ1n) is 13.9. The molecule has 1 saturated heterocycles. The molecule has 1 aliphatic carbocycles. The van der Waals surface area contributed by atoms with E-state index in [9.17, 15) is 9.59 Å². The van der Waals surface area contributed by atoms with E-state index < -0.39 is 11.6 Å². The number of nitrogens with one attached hydrogen (secondary N) is 1. The van der Waals surface area contributed by atoms with E-state index in [1.807, 2.05) is 55.5 Å². The van der Waals surface area contributed by atoms with Gasteiger partial charge in [-0.05, 0) is 79.9 Å². The minimum absolute atomic E-state index is 0.0383. The van der Waals surface area contributed by atoms with E-state index in [2.05, 4.69) is 24.2 Å². The molecule has 8 nitrogen and oxygen atoms in total. The molecule has 3 aromatic carbocycles. The number of carbonyl (C=O) groups excluding carboxylic acids is 2. The molecule has 4 unspecified atom stereocenters. The summed E-state index contributed by atoms with van der Waals surface area (Å²) in [5.41, 5.74) is 21.7. The van der Waals surface area contributed by atoms with Gasteiger partial charge in [0.25, 0.3) is 5.91 Å². The number of nitrogen functional groups attached to an aromatic ring is 1. The quantitative estimate of drug-likeness (QED) is 0.261. The number of hydrogen-bond acceptors (Lipinski definition) is 8. The molecule has 4 aromatic rings. The maximum Gasteiger partial charge on any atom is 0.261 e. The molecule has 41 heavy (non-hydrogen) atoms. The number of Topliss-reactive ketones (excluding diaryl/α,β-unsaturated/α-hetero) is 1. The molecule has 2 heterocycles. The Morgan fingerprint density at radius 2 is 1.83 bits per heavy atom. The second kappa shape index (κ2) is 10.3. The Morgan fingerprint density at radius 3 is 2.54 bits per heavy atom. The van der Waals surface area contributed by atoms with Crippen molar-refractivity contribution in [2.75, 3.05) is 25.9 Å². The summed E-state index contributed by atoms with van der Waals surface area (Å²) in [6, 6.07) is 17.5. The maximum atomic E-state index is 14.2. The maximum absolute atomic E-state index is 14.2. The summed E-state index contributed by atoms with van der Waals surface area (Å²) in [4.78, 5) is 30.6. The summed E-state index contributed by atoms with van der Waals surface area (Å²) in [6.07, 6.45) is 0.858. The van der Waals surface area contributed by atoms with E-state index in [0.29, 0.717) is 50.1 Å². The fourth-order valence-corrected chi connectivity index (χ4v) is 7.60. The summed E-state index contributed by atoms with van der Waals surface area (Å²) in [5.74, 6) is 1.05. The molecule has 6 rings (SSSR count). The van der Waals surface area contributed by atoms with E-state index >= 15 is 0 Å². The van der Waals surface area contributed by atoms with Gasteiger partial charge in [0.15, 0.2) is 5.78 Å². The number of ketones is 1. The van der Waals surface area contributed by atoms with Crippen LogP contribution < -0.4 is 27.3 Å². The molecule has 0 radical (unpaired) electrons. The van der Waals surface area contributed by atoms with E-state index in [1.165, 1.54) is 11.3 Å². The molecule has 1 aromatic heterocycles. The highest BCUT2D eigenvalue weighted by Crippen LogP contribution is 2.50. The standard InChI is InChI=1S/C32H35N5O3S/c1-17-15-20(40-19-7-5-4-6-8-19)9-10-21(17)32(35)22-11-12-23(33)28-25(22)26(27(34)30(32)38)29(41-28)31(39)36-24-13-14-37(3)16-18(24)2/h4-12,15,18,24,27H,13-14,16,33-35H2,1-3H3,(H,36,39). The van der Waals surface area contributed by atoms with Crippen molar-refractivity contribution in [3.8, 4) is 11.5 Å². The van der Waals surface area contributed by atoms with E-state index in [-0.39, 0.29) is 17.7 Å². The molecule has 9 heteroatoms. The Kier molecular flexibility index (Phi) is 6.86. The largest absolute Gasteiger partial charge is 0.457 e. The average Bonchev–Trinajstić information content (AvgIpc) is 3.35. The summed E-state index contributed by atoms with van der Waals surface area (Å²) in [5, 5.41) is 3.92. The number of amides is 1. The highest BCUT2D eigenvalue weighted by Gasteiger charge is 2.49. The van der Waals surface area contributed by atoms with E-state index in [4.69, 9.17) is 21.9 Å². The Bertz CT molecular complexity index is 1670. The van der Waals surface area contributed by atoms with Crippen molar-refractivity contribution in [3.63, 3.8) is 0 Å². The fourth-order valence-electron chi connectivity index (χ4n) is 6.40. The molecule has 0 saturated carbocycles. The minimum atomic E-state index is -1.52. The number of hydrogen-bond donors (Lipinski definition) is 4. The molecule has 1 fully saturated rings. The molecule has 0 bridgehead atoms. The van der Waals surface area contributed by atoms with E-state index in [0.717, 1.165) is 29.8 Å². The summed E-state index contributed by atoms with van der Waals surface area (Å²) >= 11 is 1.28. The Morgan fingerprint density at radius 1 is 1.10 bits per heavy atom. The Hall–Kier alpha value is -3.76. The highest BCUT2D eigenvalue weighted by atomic mass is 32.1. The van der Waals surface area contributed by atoms with Gasteiger partial charge in [-0.1, -0.05) is 37.3 Å². The van der Waals surface area contributed by atoms with Crippen molar-refractivity contribution in [2.45, 2.75) is 37.9 Å². The van der Waals surface area contributed by atoms with Gasteiger partial charge in [0.05, 0.1) is 15.6 Å². The Balaban J connectivity index is 1.42. The first-order valence-corrected chi connectivity index (χ1v) is 14.7. The molecular weight excluding hydrogens is 534 g/mol.